The van der Waals surface area contributed by atoms with Gasteiger partial charge in [-0.05, 0) is 35.8 Å². The molecule has 3 aromatic rings. The van der Waals surface area contributed by atoms with Gasteiger partial charge in [0.05, 0.1) is 18.2 Å². The molecule has 0 bridgehead atoms. The molecule has 1 aliphatic rings. The van der Waals surface area contributed by atoms with Gasteiger partial charge in [0, 0.05) is 29.0 Å². The Labute approximate surface area is 178 Å². The van der Waals surface area contributed by atoms with Gasteiger partial charge >= 0.3 is 5.97 Å². The monoisotopic (exact) mass is 422 g/mol. The molecule has 7 heteroatoms. The zero-order valence-corrected chi connectivity index (χ0v) is 17.3. The lowest BCUT2D eigenvalue weighted by atomic mass is 9.91. The van der Waals surface area contributed by atoms with Gasteiger partial charge in [0.15, 0.2) is 0 Å². The lowest BCUT2D eigenvalue weighted by Crippen LogP contribution is -2.31. The van der Waals surface area contributed by atoms with Crippen LogP contribution in [0.1, 0.15) is 43.9 Å². The molecule has 1 aliphatic heterocycles. The third-order valence-electron chi connectivity index (χ3n) is 5.29. The molecular formula is C24H23FN2O4. The van der Waals surface area contributed by atoms with E-state index < -0.39 is 18.2 Å². The number of aliphatic hydroxyl groups excluding tert-OH is 1. The van der Waals surface area contributed by atoms with E-state index >= 15 is 0 Å². The van der Waals surface area contributed by atoms with Crippen molar-refractivity contribution in [3.8, 4) is 11.1 Å². The Morgan fingerprint density at radius 2 is 1.94 bits per heavy atom. The smallest absolute Gasteiger partial charge is 0.309 e. The highest BCUT2D eigenvalue weighted by Crippen LogP contribution is 2.36. The first kappa shape index (κ1) is 20.9. The number of aromatic nitrogens is 2. The number of halogens is 1. The minimum absolute atomic E-state index is 0.00664. The first-order chi connectivity index (χ1) is 14.8. The molecule has 2 atom stereocenters. The summed E-state index contributed by atoms with van der Waals surface area (Å²) in [4.78, 5) is 31.1. The third kappa shape index (κ3) is 4.41. The highest BCUT2D eigenvalue weighted by Gasteiger charge is 2.26. The second-order valence-corrected chi connectivity index (χ2v) is 8.01. The van der Waals surface area contributed by atoms with E-state index in [9.17, 15) is 19.1 Å². The van der Waals surface area contributed by atoms with Gasteiger partial charge in [0.25, 0.3) is 0 Å². The molecule has 0 radical (unpaired) electrons. The summed E-state index contributed by atoms with van der Waals surface area (Å²) in [5.41, 5.74) is 3.29. The fourth-order valence-corrected chi connectivity index (χ4v) is 3.87. The Hall–Kier alpha value is -3.32. The van der Waals surface area contributed by atoms with Crippen LogP contribution >= 0.6 is 0 Å². The van der Waals surface area contributed by atoms with Gasteiger partial charge < -0.3 is 14.8 Å². The van der Waals surface area contributed by atoms with E-state index in [0.717, 1.165) is 27.8 Å². The lowest BCUT2D eigenvalue weighted by molar-refractivity contribution is -0.156. The Bertz CT molecular complexity index is 1210. The average molecular weight is 422 g/mol. The predicted molar refractivity (Wildman–Crippen MR) is 116 cm³/mol. The molecule has 2 aromatic heterocycles. The Balaban J connectivity index is 1.94. The van der Waals surface area contributed by atoms with Crippen molar-refractivity contribution >= 4 is 23.1 Å². The normalized spacial score (nSPS) is 19.3. The highest BCUT2D eigenvalue weighted by atomic mass is 19.1. The number of H-pyrrole nitrogens is 1. The summed E-state index contributed by atoms with van der Waals surface area (Å²) in [7, 11) is 0. The van der Waals surface area contributed by atoms with Crippen molar-refractivity contribution in [2.45, 2.75) is 44.8 Å². The summed E-state index contributed by atoms with van der Waals surface area (Å²) in [6.07, 6.45) is 2.60. The number of fused-ring (bicyclic) bond motifs is 1. The van der Waals surface area contributed by atoms with Crippen molar-refractivity contribution in [2.75, 3.05) is 0 Å². The number of cyclic esters (lactones) is 1. The first-order valence-corrected chi connectivity index (χ1v) is 10.2. The second kappa shape index (κ2) is 8.43. The van der Waals surface area contributed by atoms with Crippen LogP contribution in [0.3, 0.4) is 0 Å². The number of pyridine rings is 2. The van der Waals surface area contributed by atoms with Crippen LogP contribution in [0.15, 0.2) is 47.3 Å². The van der Waals surface area contributed by atoms with E-state index in [0.29, 0.717) is 12.1 Å². The molecule has 31 heavy (non-hydrogen) atoms. The molecule has 0 amide bonds. The Kier molecular flexibility index (Phi) is 5.69. The molecule has 0 spiro atoms. The van der Waals surface area contributed by atoms with Crippen molar-refractivity contribution in [2.24, 2.45) is 0 Å². The molecule has 160 valence electrons. The first-order valence-electron chi connectivity index (χ1n) is 10.2. The number of hydrogen-bond acceptors (Lipinski definition) is 5. The van der Waals surface area contributed by atoms with Crippen molar-refractivity contribution in [1.29, 1.82) is 0 Å². The number of aromatic amines is 1. The molecular weight excluding hydrogens is 399 g/mol. The summed E-state index contributed by atoms with van der Waals surface area (Å²) >= 11 is 0. The van der Waals surface area contributed by atoms with Crippen LogP contribution in [0.2, 0.25) is 0 Å². The number of carbonyl (C=O) groups is 1. The maximum atomic E-state index is 13.6. The van der Waals surface area contributed by atoms with Gasteiger partial charge in [0.1, 0.15) is 17.6 Å². The van der Waals surface area contributed by atoms with Gasteiger partial charge in [-0.1, -0.05) is 32.1 Å². The number of esters is 1. The maximum Gasteiger partial charge on any atom is 0.309 e. The number of nitrogens with zero attached hydrogens (tertiary/aromatic N) is 1. The van der Waals surface area contributed by atoms with E-state index in [4.69, 9.17) is 9.72 Å². The van der Waals surface area contributed by atoms with E-state index in [1.807, 2.05) is 19.9 Å². The quantitative estimate of drug-likeness (QED) is 0.622. The van der Waals surface area contributed by atoms with E-state index in [1.54, 1.807) is 24.3 Å². The molecule has 0 unspecified atom stereocenters. The van der Waals surface area contributed by atoms with E-state index in [-0.39, 0.29) is 23.7 Å². The zero-order chi connectivity index (χ0) is 22.1. The third-order valence-corrected chi connectivity index (χ3v) is 5.29. The number of ether oxygens (including phenoxy) is 1. The van der Waals surface area contributed by atoms with Crippen molar-refractivity contribution < 1.29 is 19.0 Å². The summed E-state index contributed by atoms with van der Waals surface area (Å²) < 4.78 is 18.9. The van der Waals surface area contributed by atoms with Crippen LogP contribution < -0.4 is 5.56 Å². The second-order valence-electron chi connectivity index (χ2n) is 8.01. The molecule has 0 saturated carbocycles. The van der Waals surface area contributed by atoms with Crippen LogP contribution in [0.4, 0.5) is 4.39 Å². The number of benzene rings is 1. The number of hydrogen-bond donors (Lipinski definition) is 2. The molecule has 2 N–H and O–H groups in total. The summed E-state index contributed by atoms with van der Waals surface area (Å²) in [5.74, 6) is -0.767. The van der Waals surface area contributed by atoms with Crippen LogP contribution in [0.5, 0.6) is 0 Å². The van der Waals surface area contributed by atoms with Crippen LogP contribution in [0.25, 0.3) is 28.2 Å². The molecule has 3 heterocycles. The molecule has 4 rings (SSSR count). The minimum atomic E-state index is -0.739. The number of aliphatic hydroxyl groups is 1. The zero-order valence-electron chi connectivity index (χ0n) is 17.3. The molecule has 1 fully saturated rings. The van der Waals surface area contributed by atoms with Crippen LogP contribution in [0, 0.1) is 5.82 Å². The van der Waals surface area contributed by atoms with E-state index in [2.05, 4.69) is 4.98 Å². The number of rotatable bonds is 4. The number of nitrogens with one attached hydrogen (secondary N) is 1. The molecule has 1 saturated heterocycles. The highest BCUT2D eigenvalue weighted by molar-refractivity contribution is 5.98. The predicted octanol–water partition coefficient (Wildman–Crippen LogP) is 3.93. The van der Waals surface area contributed by atoms with Crippen molar-refractivity contribution in [3.05, 3.63) is 69.9 Å². The topological polar surface area (TPSA) is 92.3 Å². The number of carbonyl (C=O) groups excluding carboxylic acids is 1. The molecule has 6 nitrogen and oxygen atoms in total. The molecule has 0 aliphatic carbocycles. The van der Waals surface area contributed by atoms with E-state index in [1.165, 1.54) is 18.2 Å². The molecule has 1 aromatic carbocycles. The fourth-order valence-electron chi connectivity index (χ4n) is 3.87. The van der Waals surface area contributed by atoms with Crippen molar-refractivity contribution in [3.63, 3.8) is 0 Å². The summed E-state index contributed by atoms with van der Waals surface area (Å²) in [6.45, 7) is 3.98. The minimum Gasteiger partial charge on any atom is -0.458 e. The summed E-state index contributed by atoms with van der Waals surface area (Å²) in [6, 6.07) is 9.26. The van der Waals surface area contributed by atoms with Gasteiger partial charge in [-0.25, -0.2) is 9.37 Å². The van der Waals surface area contributed by atoms with Crippen LogP contribution in [-0.2, 0) is 9.53 Å². The van der Waals surface area contributed by atoms with Gasteiger partial charge in [-0.3, -0.25) is 9.59 Å². The largest absolute Gasteiger partial charge is 0.458 e. The maximum absolute atomic E-state index is 13.6. The summed E-state index contributed by atoms with van der Waals surface area (Å²) in [5, 5.41) is 10.6. The Morgan fingerprint density at radius 3 is 2.61 bits per heavy atom. The SMILES string of the molecule is CC(C)c1nc2[nH]c(=O)ccc2c(-c2ccc(F)cc2)c1C=C[C@@H]1C[C@@H](O)CC(=O)O1. The average Bonchev–Trinajstić information content (AvgIpc) is 2.71. The van der Waals surface area contributed by atoms with Gasteiger partial charge in [0.2, 0.25) is 5.56 Å². The standard InChI is InChI=1S/C24H23FN2O4/c1-13(2)23-18(8-7-17-11-16(28)12-21(30)31-17)22(14-3-5-15(25)6-4-14)19-9-10-20(29)26-24(19)27-23/h3-10,13,16-17,28H,11-12H2,1-2H3,(H,26,27,29)/t16-,17-/m1/s1. The van der Waals surface area contributed by atoms with Crippen LogP contribution in [-0.4, -0.2) is 33.3 Å². The lowest BCUT2D eigenvalue weighted by Gasteiger charge is -2.24. The fraction of sp³-hybridized carbons (Fsp3) is 0.292. The van der Waals surface area contributed by atoms with Crippen molar-refractivity contribution in [1.82, 2.24) is 9.97 Å². The Morgan fingerprint density at radius 1 is 1.19 bits per heavy atom. The van der Waals surface area contributed by atoms with Gasteiger partial charge in [-0.15, -0.1) is 0 Å². The van der Waals surface area contributed by atoms with Gasteiger partial charge in [-0.2, -0.15) is 0 Å².